The van der Waals surface area contributed by atoms with Gasteiger partial charge in [0.2, 0.25) is 0 Å². The van der Waals surface area contributed by atoms with Gasteiger partial charge in [-0.15, -0.1) is 0 Å². The number of hydrogen-bond donors (Lipinski definition) is 1. The average molecular weight is 299 g/mol. The third-order valence-electron chi connectivity index (χ3n) is 3.49. The van der Waals surface area contributed by atoms with E-state index >= 15 is 0 Å². The monoisotopic (exact) mass is 299 g/mol. The average Bonchev–Trinajstić information content (AvgIpc) is 2.37. The Morgan fingerprint density at radius 2 is 1.85 bits per heavy atom. The van der Waals surface area contributed by atoms with Crippen LogP contribution in [0.4, 0.5) is 0 Å². The van der Waals surface area contributed by atoms with E-state index in [0.717, 1.165) is 17.1 Å². The van der Waals surface area contributed by atoms with Gasteiger partial charge in [-0.05, 0) is 31.5 Å². The molecule has 0 spiro atoms. The molecule has 0 bridgehead atoms. The number of sulfone groups is 1. The maximum Gasteiger partial charge on any atom is 0.161 e. The summed E-state index contributed by atoms with van der Waals surface area (Å²) in [5.41, 5.74) is 1.04. The molecule has 0 fully saturated rings. The minimum atomic E-state index is -3.08. The highest BCUT2D eigenvalue weighted by atomic mass is 32.2. The molecule has 1 aliphatic rings. The van der Waals surface area contributed by atoms with Crippen LogP contribution in [0.3, 0.4) is 0 Å². The number of nitrogens with one attached hydrogen (secondary N) is 1. The van der Waals surface area contributed by atoms with Gasteiger partial charge in [0.15, 0.2) is 21.3 Å². The lowest BCUT2D eigenvalue weighted by molar-refractivity contribution is 0.171. The minimum absolute atomic E-state index is 0.403. The second kappa shape index (κ2) is 5.61. The quantitative estimate of drug-likeness (QED) is 0.889. The van der Waals surface area contributed by atoms with Crippen LogP contribution in [-0.2, 0) is 16.4 Å². The van der Waals surface area contributed by atoms with Gasteiger partial charge in [-0.2, -0.15) is 0 Å². The van der Waals surface area contributed by atoms with Gasteiger partial charge in [-0.25, -0.2) is 8.42 Å². The first-order valence-electron chi connectivity index (χ1n) is 6.58. The first kappa shape index (κ1) is 15.1. The van der Waals surface area contributed by atoms with E-state index in [1.807, 2.05) is 18.2 Å². The fourth-order valence-corrected chi connectivity index (χ4v) is 2.20. The molecule has 0 atom stereocenters. The highest BCUT2D eigenvalue weighted by molar-refractivity contribution is 7.92. The zero-order chi connectivity index (χ0) is 14.8. The van der Waals surface area contributed by atoms with E-state index in [4.69, 9.17) is 9.47 Å². The highest BCUT2D eigenvalue weighted by Crippen LogP contribution is 2.30. The van der Waals surface area contributed by atoms with Crippen molar-refractivity contribution in [2.75, 3.05) is 26.0 Å². The molecule has 2 rings (SSSR count). The second-order valence-corrected chi connectivity index (χ2v) is 8.26. The normalized spacial score (nSPS) is 15.2. The second-order valence-electron chi connectivity index (χ2n) is 5.61. The highest BCUT2D eigenvalue weighted by Gasteiger charge is 2.29. The van der Waals surface area contributed by atoms with Gasteiger partial charge in [0.05, 0.1) is 4.75 Å². The molecule has 0 aromatic heterocycles. The van der Waals surface area contributed by atoms with E-state index in [9.17, 15) is 8.42 Å². The Morgan fingerprint density at radius 3 is 2.50 bits per heavy atom. The standard InChI is InChI=1S/C14H21NO4S/c1-14(2,20(3,16)17)10-15-9-11-4-5-12-13(8-11)19-7-6-18-12/h4-5,8,15H,6-7,9-10H2,1-3H3. The van der Waals surface area contributed by atoms with E-state index in [2.05, 4.69) is 5.32 Å². The predicted molar refractivity (Wildman–Crippen MR) is 78.1 cm³/mol. The van der Waals surface area contributed by atoms with E-state index < -0.39 is 14.6 Å². The Morgan fingerprint density at radius 1 is 1.20 bits per heavy atom. The van der Waals surface area contributed by atoms with Crippen LogP contribution in [0, 0.1) is 0 Å². The number of rotatable bonds is 5. The van der Waals surface area contributed by atoms with Crippen molar-refractivity contribution in [3.8, 4) is 11.5 Å². The molecule has 0 saturated carbocycles. The largest absolute Gasteiger partial charge is 0.486 e. The van der Waals surface area contributed by atoms with Crippen LogP contribution in [0.5, 0.6) is 11.5 Å². The van der Waals surface area contributed by atoms with Crippen LogP contribution in [0.25, 0.3) is 0 Å². The third-order valence-corrected chi connectivity index (χ3v) is 5.64. The van der Waals surface area contributed by atoms with Crippen molar-refractivity contribution in [1.29, 1.82) is 0 Å². The van der Waals surface area contributed by atoms with Crippen molar-refractivity contribution in [1.82, 2.24) is 5.32 Å². The van der Waals surface area contributed by atoms with Crippen molar-refractivity contribution in [3.05, 3.63) is 23.8 Å². The predicted octanol–water partition coefficient (Wildman–Crippen LogP) is 1.37. The molecule has 0 saturated heterocycles. The van der Waals surface area contributed by atoms with E-state index in [0.29, 0.717) is 26.3 Å². The molecule has 1 aromatic rings. The van der Waals surface area contributed by atoms with Crippen LogP contribution in [-0.4, -0.2) is 39.2 Å². The fraction of sp³-hybridized carbons (Fsp3) is 0.571. The maximum atomic E-state index is 11.6. The third kappa shape index (κ3) is 3.43. The van der Waals surface area contributed by atoms with E-state index in [1.54, 1.807) is 13.8 Å². The molecule has 0 amide bonds. The topological polar surface area (TPSA) is 64.6 Å². The molecule has 5 nitrogen and oxygen atoms in total. The summed E-state index contributed by atoms with van der Waals surface area (Å²) >= 11 is 0. The Kier molecular flexibility index (Phi) is 4.25. The van der Waals surface area contributed by atoms with Gasteiger partial charge in [0, 0.05) is 19.3 Å². The summed E-state index contributed by atoms with van der Waals surface area (Å²) in [6.45, 7) is 5.58. The molecule has 0 unspecified atom stereocenters. The Balaban J connectivity index is 1.95. The van der Waals surface area contributed by atoms with Crippen molar-refractivity contribution >= 4 is 9.84 Å². The molecule has 0 aliphatic carbocycles. The number of ether oxygens (including phenoxy) is 2. The summed E-state index contributed by atoms with van der Waals surface area (Å²) in [6, 6.07) is 5.76. The fourth-order valence-electron chi connectivity index (χ4n) is 1.84. The van der Waals surface area contributed by atoms with Gasteiger partial charge >= 0.3 is 0 Å². The Bertz CT molecular complexity index is 581. The van der Waals surface area contributed by atoms with Crippen LogP contribution in [0.15, 0.2) is 18.2 Å². The van der Waals surface area contributed by atoms with Gasteiger partial charge in [-0.3, -0.25) is 0 Å². The smallest absolute Gasteiger partial charge is 0.161 e. The summed E-state index contributed by atoms with van der Waals surface area (Å²) in [6.07, 6.45) is 1.26. The number of hydrogen-bond acceptors (Lipinski definition) is 5. The molecule has 0 radical (unpaired) electrons. The summed E-state index contributed by atoms with van der Waals surface area (Å²) in [5, 5.41) is 3.18. The number of benzene rings is 1. The molecule has 1 heterocycles. The van der Waals surface area contributed by atoms with Crippen molar-refractivity contribution < 1.29 is 17.9 Å². The number of fused-ring (bicyclic) bond motifs is 1. The SMILES string of the molecule is CC(C)(CNCc1ccc2c(c1)OCCO2)S(C)(=O)=O. The summed E-state index contributed by atoms with van der Waals surface area (Å²) in [4.78, 5) is 0. The molecule has 1 N–H and O–H groups in total. The van der Waals surface area contributed by atoms with Crippen LogP contribution in [0.1, 0.15) is 19.4 Å². The Hall–Kier alpha value is -1.27. The van der Waals surface area contributed by atoms with Crippen molar-refractivity contribution in [3.63, 3.8) is 0 Å². The van der Waals surface area contributed by atoms with Crippen molar-refractivity contribution in [2.24, 2.45) is 0 Å². The first-order valence-corrected chi connectivity index (χ1v) is 8.47. The van der Waals surface area contributed by atoms with Crippen LogP contribution < -0.4 is 14.8 Å². The minimum Gasteiger partial charge on any atom is -0.486 e. The molecule has 20 heavy (non-hydrogen) atoms. The zero-order valence-corrected chi connectivity index (χ0v) is 12.9. The molecular weight excluding hydrogens is 278 g/mol. The van der Waals surface area contributed by atoms with Crippen LogP contribution >= 0.6 is 0 Å². The maximum absolute atomic E-state index is 11.6. The van der Waals surface area contributed by atoms with Crippen molar-refractivity contribution in [2.45, 2.75) is 25.1 Å². The molecular formula is C14H21NO4S. The lowest BCUT2D eigenvalue weighted by Gasteiger charge is -2.23. The van der Waals surface area contributed by atoms with E-state index in [1.165, 1.54) is 6.26 Å². The van der Waals surface area contributed by atoms with Gasteiger partial charge in [0.1, 0.15) is 13.2 Å². The molecule has 1 aliphatic heterocycles. The Labute approximate surface area is 120 Å². The van der Waals surface area contributed by atoms with Crippen LogP contribution in [0.2, 0.25) is 0 Å². The summed E-state index contributed by atoms with van der Waals surface area (Å²) in [5.74, 6) is 1.51. The van der Waals surface area contributed by atoms with Gasteiger partial charge in [0.25, 0.3) is 0 Å². The molecule has 6 heteroatoms. The molecule has 1 aromatic carbocycles. The van der Waals surface area contributed by atoms with Gasteiger partial charge in [-0.1, -0.05) is 6.07 Å². The van der Waals surface area contributed by atoms with Gasteiger partial charge < -0.3 is 14.8 Å². The zero-order valence-electron chi connectivity index (χ0n) is 12.1. The molecule has 112 valence electrons. The summed E-state index contributed by atoms with van der Waals surface area (Å²) < 4.78 is 33.4. The summed E-state index contributed by atoms with van der Waals surface area (Å²) in [7, 11) is -3.08. The van der Waals surface area contributed by atoms with E-state index in [-0.39, 0.29) is 0 Å². The lowest BCUT2D eigenvalue weighted by atomic mass is 10.1. The first-order chi connectivity index (χ1) is 9.29. The lowest BCUT2D eigenvalue weighted by Crippen LogP contribution is -2.41.